The van der Waals surface area contributed by atoms with Gasteiger partial charge in [-0.05, 0) is 42.0 Å². The molecule has 3 nitrogen and oxygen atoms in total. The van der Waals surface area contributed by atoms with Crippen molar-refractivity contribution in [1.82, 2.24) is 4.90 Å². The summed E-state index contributed by atoms with van der Waals surface area (Å²) in [6.45, 7) is 1.46. The van der Waals surface area contributed by atoms with E-state index < -0.39 is 11.5 Å². The van der Waals surface area contributed by atoms with E-state index in [2.05, 4.69) is 29.2 Å². The van der Waals surface area contributed by atoms with Crippen LogP contribution in [0.25, 0.3) is 0 Å². The van der Waals surface area contributed by atoms with Gasteiger partial charge in [-0.1, -0.05) is 91.0 Å². The third-order valence-corrected chi connectivity index (χ3v) is 6.22. The molecule has 1 aliphatic heterocycles. The molecule has 148 valence electrons. The summed E-state index contributed by atoms with van der Waals surface area (Å²) in [5.41, 5.74) is 2.53. The molecule has 3 aromatic carbocycles. The van der Waals surface area contributed by atoms with Crippen LogP contribution in [0.2, 0.25) is 0 Å². The summed E-state index contributed by atoms with van der Waals surface area (Å²) in [5.74, 6) is -0.651. The Balaban J connectivity index is 1.70. The zero-order chi connectivity index (χ0) is 20.1. The number of rotatable bonds is 7. The zero-order valence-electron chi connectivity index (χ0n) is 16.6. The fourth-order valence-electron chi connectivity index (χ4n) is 4.75. The van der Waals surface area contributed by atoms with E-state index in [1.165, 1.54) is 5.56 Å². The maximum Gasteiger partial charge on any atom is 0.324 e. The summed E-state index contributed by atoms with van der Waals surface area (Å²) < 4.78 is 0. The topological polar surface area (TPSA) is 40.5 Å². The number of carboxylic acid groups (broad SMARTS) is 1. The van der Waals surface area contributed by atoms with Crippen LogP contribution >= 0.6 is 0 Å². The molecule has 3 heteroatoms. The van der Waals surface area contributed by atoms with E-state index in [0.717, 1.165) is 30.5 Å². The molecule has 1 fully saturated rings. The highest BCUT2D eigenvalue weighted by Gasteiger charge is 2.54. The number of hydrogen-bond donors (Lipinski definition) is 1. The smallest absolute Gasteiger partial charge is 0.324 e. The average Bonchev–Trinajstić information content (AvgIpc) is 3.08. The second-order valence-corrected chi connectivity index (χ2v) is 7.97. The van der Waals surface area contributed by atoms with Gasteiger partial charge in [0.25, 0.3) is 0 Å². The van der Waals surface area contributed by atoms with Crippen molar-refractivity contribution in [3.05, 3.63) is 108 Å². The Hall–Kier alpha value is -2.91. The molecule has 0 spiro atoms. The molecule has 2 atom stereocenters. The minimum atomic E-state index is -0.910. The lowest BCUT2D eigenvalue weighted by atomic mass is 9.76. The number of likely N-dealkylation sites (tertiary alicyclic amines) is 1. The first kappa shape index (κ1) is 19.4. The molecule has 1 unspecified atom stereocenters. The monoisotopic (exact) mass is 385 g/mol. The van der Waals surface area contributed by atoms with E-state index >= 15 is 0 Å². The van der Waals surface area contributed by atoms with Gasteiger partial charge in [-0.3, -0.25) is 9.69 Å². The highest BCUT2D eigenvalue weighted by molar-refractivity contribution is 5.80. The number of nitrogens with zero attached hydrogens (tertiary/aromatic N) is 1. The fraction of sp³-hybridized carbons (Fsp3) is 0.269. The summed E-state index contributed by atoms with van der Waals surface area (Å²) in [6, 6.07) is 30.6. The van der Waals surface area contributed by atoms with E-state index in [-0.39, 0.29) is 5.92 Å². The van der Waals surface area contributed by atoms with Gasteiger partial charge in [-0.2, -0.15) is 0 Å². The number of carboxylic acids is 1. The molecule has 4 rings (SSSR count). The van der Waals surface area contributed by atoms with Crippen LogP contribution in [0.15, 0.2) is 91.0 Å². The van der Waals surface area contributed by atoms with E-state index in [1.807, 2.05) is 66.7 Å². The van der Waals surface area contributed by atoms with Crippen LogP contribution < -0.4 is 0 Å². The normalized spacial score (nSPS) is 21.9. The van der Waals surface area contributed by atoms with Crippen molar-refractivity contribution in [3.63, 3.8) is 0 Å². The molecular formula is C26H27NO2. The van der Waals surface area contributed by atoms with Crippen LogP contribution in [0.5, 0.6) is 0 Å². The predicted molar refractivity (Wildman–Crippen MR) is 116 cm³/mol. The Morgan fingerprint density at radius 2 is 1.34 bits per heavy atom. The van der Waals surface area contributed by atoms with Gasteiger partial charge in [0.1, 0.15) is 5.54 Å². The molecule has 0 aromatic heterocycles. The minimum absolute atomic E-state index is 0.0614. The Morgan fingerprint density at radius 3 is 1.90 bits per heavy atom. The van der Waals surface area contributed by atoms with Crippen LogP contribution in [0.4, 0.5) is 0 Å². The zero-order valence-corrected chi connectivity index (χ0v) is 16.6. The van der Waals surface area contributed by atoms with Crippen molar-refractivity contribution in [1.29, 1.82) is 0 Å². The highest BCUT2D eigenvalue weighted by Crippen LogP contribution is 2.41. The van der Waals surface area contributed by atoms with E-state index in [0.29, 0.717) is 13.0 Å². The molecule has 0 amide bonds. The quantitative estimate of drug-likeness (QED) is 0.634. The molecular weight excluding hydrogens is 358 g/mol. The summed E-state index contributed by atoms with van der Waals surface area (Å²) >= 11 is 0. The molecule has 0 bridgehead atoms. The maximum absolute atomic E-state index is 12.9. The molecule has 1 heterocycles. The predicted octanol–water partition coefficient (Wildman–Crippen LogP) is 4.82. The maximum atomic E-state index is 12.9. The van der Waals surface area contributed by atoms with Crippen molar-refractivity contribution in [2.75, 3.05) is 6.54 Å². The van der Waals surface area contributed by atoms with Gasteiger partial charge in [0.2, 0.25) is 0 Å². The molecule has 1 saturated heterocycles. The van der Waals surface area contributed by atoms with E-state index in [9.17, 15) is 9.90 Å². The molecule has 1 aliphatic rings. The average molecular weight is 386 g/mol. The Labute approximate surface area is 172 Å². The first-order valence-corrected chi connectivity index (χ1v) is 10.3. The van der Waals surface area contributed by atoms with Crippen molar-refractivity contribution in [2.45, 2.75) is 31.3 Å². The SMILES string of the molecule is O=C(O)[C@]1(Cc2ccccc2)C(Cc2ccccc2)CCN1Cc1ccccc1. The summed E-state index contributed by atoms with van der Waals surface area (Å²) in [6.07, 6.45) is 2.19. The Kier molecular flexibility index (Phi) is 5.77. The van der Waals surface area contributed by atoms with Gasteiger partial charge in [0.05, 0.1) is 0 Å². The summed E-state index contributed by atoms with van der Waals surface area (Å²) in [5, 5.41) is 10.6. The van der Waals surface area contributed by atoms with Gasteiger partial charge < -0.3 is 5.11 Å². The Bertz CT molecular complexity index is 875. The lowest BCUT2D eigenvalue weighted by molar-refractivity contribution is -0.152. The van der Waals surface area contributed by atoms with Gasteiger partial charge >= 0.3 is 5.97 Å². The first-order chi connectivity index (χ1) is 14.2. The Morgan fingerprint density at radius 1 is 0.828 bits per heavy atom. The van der Waals surface area contributed by atoms with E-state index in [1.54, 1.807) is 0 Å². The highest BCUT2D eigenvalue weighted by atomic mass is 16.4. The second kappa shape index (κ2) is 8.62. The standard InChI is InChI=1S/C26H27NO2/c28-25(29)26(19-22-12-6-2-7-13-22)24(18-21-10-4-1-5-11-21)16-17-27(26)20-23-14-8-3-9-15-23/h1-15,24H,16-20H2,(H,28,29)/t24?,26-/m0/s1. The molecule has 3 aromatic rings. The lowest BCUT2D eigenvalue weighted by Crippen LogP contribution is -2.56. The van der Waals surface area contributed by atoms with Crippen LogP contribution in [-0.4, -0.2) is 28.1 Å². The summed E-state index contributed by atoms with van der Waals surface area (Å²) in [4.78, 5) is 15.1. The number of carbonyl (C=O) groups is 1. The molecule has 1 N–H and O–H groups in total. The minimum Gasteiger partial charge on any atom is -0.480 e. The van der Waals surface area contributed by atoms with E-state index in [4.69, 9.17) is 0 Å². The van der Waals surface area contributed by atoms with Crippen molar-refractivity contribution in [3.8, 4) is 0 Å². The van der Waals surface area contributed by atoms with Gasteiger partial charge in [-0.15, -0.1) is 0 Å². The van der Waals surface area contributed by atoms with Crippen LogP contribution in [0.3, 0.4) is 0 Å². The third-order valence-electron chi connectivity index (χ3n) is 6.22. The molecule has 0 radical (unpaired) electrons. The summed E-state index contributed by atoms with van der Waals surface area (Å²) in [7, 11) is 0. The third kappa shape index (κ3) is 4.10. The number of hydrogen-bond acceptors (Lipinski definition) is 2. The second-order valence-electron chi connectivity index (χ2n) is 7.97. The van der Waals surface area contributed by atoms with Gasteiger partial charge in [-0.25, -0.2) is 0 Å². The molecule has 29 heavy (non-hydrogen) atoms. The van der Waals surface area contributed by atoms with Crippen LogP contribution in [0.1, 0.15) is 23.1 Å². The van der Waals surface area contributed by atoms with Crippen LogP contribution in [-0.2, 0) is 24.2 Å². The van der Waals surface area contributed by atoms with Crippen molar-refractivity contribution < 1.29 is 9.90 Å². The van der Waals surface area contributed by atoms with Gasteiger partial charge in [0.15, 0.2) is 0 Å². The van der Waals surface area contributed by atoms with Crippen molar-refractivity contribution in [2.24, 2.45) is 5.92 Å². The molecule has 0 saturated carbocycles. The number of aliphatic carboxylic acids is 1. The van der Waals surface area contributed by atoms with Crippen LogP contribution in [0, 0.1) is 5.92 Å². The fourth-order valence-corrected chi connectivity index (χ4v) is 4.75. The largest absolute Gasteiger partial charge is 0.480 e. The van der Waals surface area contributed by atoms with Crippen molar-refractivity contribution >= 4 is 5.97 Å². The lowest BCUT2D eigenvalue weighted by Gasteiger charge is -2.39. The van der Waals surface area contributed by atoms with Gasteiger partial charge in [0, 0.05) is 13.0 Å². The number of benzene rings is 3. The molecule has 0 aliphatic carbocycles. The first-order valence-electron chi connectivity index (χ1n) is 10.3.